The van der Waals surface area contributed by atoms with E-state index in [1.54, 1.807) is 6.20 Å². The highest BCUT2D eigenvalue weighted by Crippen LogP contribution is 2.27. The molecule has 0 bridgehead atoms. The van der Waals surface area contributed by atoms with E-state index in [2.05, 4.69) is 31.9 Å². The van der Waals surface area contributed by atoms with E-state index in [0.29, 0.717) is 36.8 Å². The molecule has 0 spiro atoms. The number of hydrogen-bond acceptors (Lipinski definition) is 9. The van der Waals surface area contributed by atoms with Gasteiger partial charge in [-0.1, -0.05) is 6.07 Å². The van der Waals surface area contributed by atoms with E-state index in [9.17, 15) is 5.26 Å². The van der Waals surface area contributed by atoms with Crippen LogP contribution in [0.15, 0.2) is 48.9 Å². The van der Waals surface area contributed by atoms with Crippen LogP contribution in [0.5, 0.6) is 5.75 Å². The van der Waals surface area contributed by atoms with Crippen LogP contribution in [0.4, 0.5) is 0 Å². The van der Waals surface area contributed by atoms with Gasteiger partial charge in [0.1, 0.15) is 23.7 Å². The van der Waals surface area contributed by atoms with Crippen LogP contribution < -0.4 is 4.74 Å². The van der Waals surface area contributed by atoms with Crippen LogP contribution in [0.25, 0.3) is 11.3 Å². The fraction of sp³-hybridized carbons (Fsp3) is 0.448. The smallest absolute Gasteiger partial charge is 0.137 e. The second-order valence-electron chi connectivity index (χ2n) is 9.83. The van der Waals surface area contributed by atoms with Crippen molar-refractivity contribution in [2.75, 3.05) is 52.5 Å². The van der Waals surface area contributed by atoms with Gasteiger partial charge in [-0.25, -0.2) is 9.97 Å². The number of aromatic nitrogens is 3. The van der Waals surface area contributed by atoms with Crippen molar-refractivity contribution in [2.45, 2.75) is 31.9 Å². The van der Waals surface area contributed by atoms with Crippen molar-refractivity contribution >= 4 is 0 Å². The lowest BCUT2D eigenvalue weighted by atomic mass is 10.1. The largest absolute Gasteiger partial charge is 0.489 e. The number of benzene rings is 1. The number of hydrogen-bond donors (Lipinski definition) is 1. The van der Waals surface area contributed by atoms with Gasteiger partial charge >= 0.3 is 0 Å². The maximum atomic E-state index is 9.74. The van der Waals surface area contributed by atoms with Crippen molar-refractivity contribution in [3.8, 4) is 23.1 Å². The Bertz CT molecular complexity index is 1250. The molecule has 0 aliphatic carbocycles. The Balaban J connectivity index is 1.24. The van der Waals surface area contributed by atoms with Crippen LogP contribution in [-0.2, 0) is 17.7 Å². The molecule has 2 saturated heterocycles. The van der Waals surface area contributed by atoms with Gasteiger partial charge in [-0.2, -0.15) is 5.26 Å². The third kappa shape index (κ3) is 6.91. The molecule has 9 nitrogen and oxygen atoms in total. The van der Waals surface area contributed by atoms with E-state index >= 15 is 0 Å². The lowest BCUT2D eigenvalue weighted by molar-refractivity contribution is 0.0254. The van der Waals surface area contributed by atoms with E-state index in [-0.39, 0.29) is 12.7 Å². The molecule has 9 heteroatoms. The first-order valence-electron chi connectivity index (χ1n) is 13.3. The number of pyridine rings is 1. The molecular weight excluding hydrogens is 480 g/mol. The number of aliphatic hydroxyl groups excluding tert-OH is 1. The highest BCUT2D eigenvalue weighted by Gasteiger charge is 2.18. The highest BCUT2D eigenvalue weighted by molar-refractivity contribution is 5.64. The van der Waals surface area contributed by atoms with Crippen LogP contribution in [0, 0.1) is 11.3 Å². The van der Waals surface area contributed by atoms with Gasteiger partial charge in [0.05, 0.1) is 31.1 Å². The summed E-state index contributed by atoms with van der Waals surface area (Å²) in [6.07, 6.45) is 7.88. The number of aliphatic hydroxyl groups is 1. The zero-order valence-electron chi connectivity index (χ0n) is 21.6. The van der Waals surface area contributed by atoms with Crippen LogP contribution in [0.2, 0.25) is 0 Å². The molecule has 1 N–H and O–H groups in total. The third-order valence-electron chi connectivity index (χ3n) is 7.06. The monoisotopic (exact) mass is 514 g/mol. The Morgan fingerprint density at radius 2 is 1.82 bits per heavy atom. The van der Waals surface area contributed by atoms with Crippen molar-refractivity contribution in [3.63, 3.8) is 0 Å². The molecule has 2 fully saturated rings. The van der Waals surface area contributed by atoms with Gasteiger partial charge in [-0.3, -0.25) is 14.8 Å². The fourth-order valence-electron chi connectivity index (χ4n) is 4.98. The number of nitriles is 1. The molecule has 0 unspecified atom stereocenters. The average molecular weight is 515 g/mol. The zero-order valence-corrected chi connectivity index (χ0v) is 21.6. The van der Waals surface area contributed by atoms with Gasteiger partial charge in [-0.15, -0.1) is 0 Å². The van der Waals surface area contributed by atoms with Crippen molar-refractivity contribution in [1.29, 1.82) is 5.26 Å². The van der Waals surface area contributed by atoms with Gasteiger partial charge < -0.3 is 14.6 Å². The molecule has 0 radical (unpaired) electrons. The van der Waals surface area contributed by atoms with Crippen LogP contribution >= 0.6 is 0 Å². The molecule has 1 aromatic carbocycles. The molecule has 3 aromatic rings. The summed E-state index contributed by atoms with van der Waals surface area (Å²) in [4.78, 5) is 18.5. The molecular formula is C29H34N6O3. The predicted molar refractivity (Wildman–Crippen MR) is 142 cm³/mol. The fourth-order valence-corrected chi connectivity index (χ4v) is 4.98. The second-order valence-corrected chi connectivity index (χ2v) is 9.83. The Morgan fingerprint density at radius 3 is 2.61 bits per heavy atom. The van der Waals surface area contributed by atoms with Crippen LogP contribution in [-0.4, -0.2) is 88.5 Å². The van der Waals surface area contributed by atoms with E-state index < -0.39 is 0 Å². The summed E-state index contributed by atoms with van der Waals surface area (Å²) >= 11 is 0. The van der Waals surface area contributed by atoms with Crippen LogP contribution in [0.1, 0.15) is 35.4 Å². The van der Waals surface area contributed by atoms with Crippen LogP contribution in [0.3, 0.4) is 0 Å². The average Bonchev–Trinajstić information content (AvgIpc) is 2.95. The Hall–Kier alpha value is -3.42. The first kappa shape index (κ1) is 26.2. The van der Waals surface area contributed by atoms with Gasteiger partial charge in [0.2, 0.25) is 0 Å². The SMILES string of the molecule is N#Cc1cc(-c2ccnc(Cc3cncc(CN4CCN(CCO)CC4)c3)n2)ccc1OC1CCOCC1. The summed E-state index contributed by atoms with van der Waals surface area (Å²) in [5.74, 6) is 1.32. The molecule has 0 amide bonds. The first-order valence-corrected chi connectivity index (χ1v) is 13.3. The standard InChI is InChI=1S/C29H34N6O3/c30-18-25-17-24(1-2-28(25)38-26-4-13-37-14-5-26)27-3-6-32-29(33-27)16-22-15-23(20-31-19-22)21-35-9-7-34(8-10-35)11-12-36/h1-3,6,15,17,19-20,26,36H,4-5,7-14,16,21H2. The zero-order chi connectivity index (χ0) is 26.2. The normalized spacial score (nSPS) is 17.3. The summed E-state index contributed by atoms with van der Waals surface area (Å²) in [5.41, 5.74) is 4.37. The Morgan fingerprint density at radius 1 is 1.03 bits per heavy atom. The van der Waals surface area contributed by atoms with Crippen molar-refractivity contribution < 1.29 is 14.6 Å². The number of rotatable bonds is 9. The molecule has 2 aromatic heterocycles. The van der Waals surface area contributed by atoms with E-state index in [0.717, 1.165) is 68.9 Å². The number of nitrogens with zero attached hydrogens (tertiary/aromatic N) is 6. The summed E-state index contributed by atoms with van der Waals surface area (Å²) in [5, 5.41) is 18.9. The molecule has 0 saturated carbocycles. The maximum Gasteiger partial charge on any atom is 0.137 e. The van der Waals surface area contributed by atoms with Crippen molar-refractivity contribution in [1.82, 2.24) is 24.8 Å². The first-order chi connectivity index (χ1) is 18.7. The van der Waals surface area contributed by atoms with Gasteiger partial charge in [0.15, 0.2) is 0 Å². The van der Waals surface area contributed by atoms with E-state index in [1.807, 2.05) is 36.7 Å². The summed E-state index contributed by atoms with van der Waals surface area (Å²) in [6.45, 7) is 7.12. The van der Waals surface area contributed by atoms with E-state index in [1.165, 1.54) is 5.56 Å². The quantitative estimate of drug-likeness (QED) is 0.461. The summed E-state index contributed by atoms with van der Waals surface area (Å²) in [7, 11) is 0. The minimum absolute atomic E-state index is 0.0765. The predicted octanol–water partition coefficient (Wildman–Crippen LogP) is 2.67. The minimum atomic E-state index is 0.0765. The number of ether oxygens (including phenoxy) is 2. The molecule has 2 aliphatic rings. The number of piperazine rings is 1. The molecule has 0 atom stereocenters. The molecule has 2 aliphatic heterocycles. The topological polar surface area (TPSA) is 108 Å². The Labute approximate surface area is 223 Å². The Kier molecular flexibility index (Phi) is 8.89. The molecule has 198 valence electrons. The summed E-state index contributed by atoms with van der Waals surface area (Å²) < 4.78 is 11.5. The van der Waals surface area contributed by atoms with Crippen molar-refractivity contribution in [2.24, 2.45) is 0 Å². The van der Waals surface area contributed by atoms with Gasteiger partial charge in [0.25, 0.3) is 0 Å². The minimum Gasteiger partial charge on any atom is -0.489 e. The molecule has 4 heterocycles. The van der Waals surface area contributed by atoms with Crippen molar-refractivity contribution in [3.05, 3.63) is 71.4 Å². The maximum absolute atomic E-state index is 9.74. The third-order valence-corrected chi connectivity index (χ3v) is 7.06. The number of β-amino-alcohol motifs (C(OH)–C–C–N with tert-alkyl or cyclic N) is 1. The molecule has 5 rings (SSSR count). The van der Waals surface area contributed by atoms with Gasteiger partial charge in [0, 0.05) is 82.7 Å². The summed E-state index contributed by atoms with van der Waals surface area (Å²) in [6, 6.07) is 12.0. The van der Waals surface area contributed by atoms with E-state index in [4.69, 9.17) is 19.6 Å². The second kappa shape index (κ2) is 12.9. The lowest BCUT2D eigenvalue weighted by Gasteiger charge is -2.34. The lowest BCUT2D eigenvalue weighted by Crippen LogP contribution is -2.46. The van der Waals surface area contributed by atoms with Gasteiger partial charge in [-0.05, 0) is 35.4 Å². The molecule has 38 heavy (non-hydrogen) atoms. The highest BCUT2D eigenvalue weighted by atomic mass is 16.5.